The van der Waals surface area contributed by atoms with Crippen molar-refractivity contribution in [3.63, 3.8) is 0 Å². The summed E-state index contributed by atoms with van der Waals surface area (Å²) in [6.07, 6.45) is 2.04. The van der Waals surface area contributed by atoms with Crippen LogP contribution in [0.2, 0.25) is 0 Å². The maximum absolute atomic E-state index is 12.9. The van der Waals surface area contributed by atoms with Gasteiger partial charge >= 0.3 is 0 Å². The molecule has 0 radical (unpaired) electrons. The SMILES string of the molecule is Cc1ccc(-n2cc(C(=O)N3CC[C@@H](O)C3)c(C(C)(C)C)n2)cc1. The number of hydrogen-bond acceptors (Lipinski definition) is 3. The Hall–Kier alpha value is -2.14. The van der Waals surface area contributed by atoms with Gasteiger partial charge in [0.15, 0.2) is 0 Å². The van der Waals surface area contributed by atoms with Gasteiger partial charge in [-0.25, -0.2) is 4.68 Å². The first-order chi connectivity index (χ1) is 11.3. The molecule has 128 valence electrons. The van der Waals surface area contributed by atoms with E-state index in [2.05, 4.69) is 20.8 Å². The molecule has 1 aromatic heterocycles. The molecule has 1 saturated heterocycles. The van der Waals surface area contributed by atoms with Crippen molar-refractivity contribution >= 4 is 5.91 Å². The third-order valence-electron chi connectivity index (χ3n) is 4.40. The summed E-state index contributed by atoms with van der Waals surface area (Å²) < 4.78 is 1.78. The molecule has 1 aliphatic rings. The minimum Gasteiger partial charge on any atom is -0.391 e. The zero-order valence-corrected chi connectivity index (χ0v) is 14.8. The minimum atomic E-state index is -0.417. The summed E-state index contributed by atoms with van der Waals surface area (Å²) in [7, 11) is 0. The summed E-state index contributed by atoms with van der Waals surface area (Å²) in [5.41, 5.74) is 3.29. The number of amides is 1. The van der Waals surface area contributed by atoms with Gasteiger partial charge in [0.25, 0.3) is 5.91 Å². The number of hydrogen-bond donors (Lipinski definition) is 1. The maximum Gasteiger partial charge on any atom is 0.257 e. The van der Waals surface area contributed by atoms with E-state index in [1.807, 2.05) is 37.4 Å². The van der Waals surface area contributed by atoms with Gasteiger partial charge in [0, 0.05) is 24.7 Å². The summed E-state index contributed by atoms with van der Waals surface area (Å²) >= 11 is 0. The van der Waals surface area contributed by atoms with Gasteiger partial charge in [-0.15, -0.1) is 0 Å². The highest BCUT2D eigenvalue weighted by Gasteiger charge is 2.32. The van der Waals surface area contributed by atoms with Crippen molar-refractivity contribution in [2.45, 2.75) is 45.6 Å². The molecule has 2 heterocycles. The van der Waals surface area contributed by atoms with Gasteiger partial charge in [-0.2, -0.15) is 5.10 Å². The van der Waals surface area contributed by atoms with Crippen LogP contribution in [0.3, 0.4) is 0 Å². The molecule has 0 bridgehead atoms. The number of rotatable bonds is 2. The Labute approximate surface area is 142 Å². The Bertz CT molecular complexity index is 741. The highest BCUT2D eigenvalue weighted by atomic mass is 16.3. The molecular formula is C19H25N3O2. The first-order valence-electron chi connectivity index (χ1n) is 8.40. The molecule has 24 heavy (non-hydrogen) atoms. The molecule has 1 aliphatic heterocycles. The van der Waals surface area contributed by atoms with Crippen molar-refractivity contribution in [2.75, 3.05) is 13.1 Å². The molecule has 1 atom stereocenters. The fourth-order valence-corrected chi connectivity index (χ4v) is 3.01. The number of β-amino-alcohol motifs (C(OH)–C–C–N with tert-alkyl or cyclic N) is 1. The van der Waals surface area contributed by atoms with Gasteiger partial charge < -0.3 is 10.0 Å². The molecule has 5 heteroatoms. The highest BCUT2D eigenvalue weighted by Crippen LogP contribution is 2.27. The second-order valence-electron chi connectivity index (χ2n) is 7.62. The van der Waals surface area contributed by atoms with Gasteiger partial charge in [0.2, 0.25) is 0 Å². The number of aryl methyl sites for hydroxylation is 1. The Morgan fingerprint density at radius 3 is 2.46 bits per heavy atom. The number of carbonyl (C=O) groups excluding carboxylic acids is 1. The van der Waals surface area contributed by atoms with Gasteiger partial charge in [0.1, 0.15) is 0 Å². The highest BCUT2D eigenvalue weighted by molar-refractivity contribution is 5.95. The van der Waals surface area contributed by atoms with E-state index in [-0.39, 0.29) is 11.3 Å². The number of nitrogens with zero attached hydrogens (tertiary/aromatic N) is 3. The fourth-order valence-electron chi connectivity index (χ4n) is 3.01. The van der Waals surface area contributed by atoms with E-state index in [1.54, 1.807) is 9.58 Å². The van der Waals surface area contributed by atoms with Crippen molar-refractivity contribution in [1.82, 2.24) is 14.7 Å². The van der Waals surface area contributed by atoms with Crippen molar-refractivity contribution in [3.05, 3.63) is 47.3 Å². The summed E-state index contributed by atoms with van der Waals surface area (Å²) in [5.74, 6) is -0.0464. The van der Waals surface area contributed by atoms with Crippen LogP contribution in [0.15, 0.2) is 30.5 Å². The van der Waals surface area contributed by atoms with Gasteiger partial charge in [-0.3, -0.25) is 4.79 Å². The van der Waals surface area contributed by atoms with E-state index in [0.717, 1.165) is 11.4 Å². The molecule has 1 aromatic carbocycles. The second kappa shape index (κ2) is 6.06. The Morgan fingerprint density at radius 2 is 1.92 bits per heavy atom. The smallest absolute Gasteiger partial charge is 0.257 e. The third-order valence-corrected chi connectivity index (χ3v) is 4.40. The van der Waals surface area contributed by atoms with Crippen LogP contribution in [0, 0.1) is 6.92 Å². The topological polar surface area (TPSA) is 58.4 Å². The molecule has 1 N–H and O–H groups in total. The van der Waals surface area contributed by atoms with Crippen LogP contribution in [0.4, 0.5) is 0 Å². The van der Waals surface area contributed by atoms with E-state index in [1.165, 1.54) is 5.56 Å². The lowest BCUT2D eigenvalue weighted by atomic mass is 9.89. The third kappa shape index (κ3) is 3.22. The van der Waals surface area contributed by atoms with E-state index >= 15 is 0 Å². The Balaban J connectivity index is 2.01. The predicted molar refractivity (Wildman–Crippen MR) is 93.5 cm³/mol. The van der Waals surface area contributed by atoms with E-state index < -0.39 is 6.10 Å². The lowest BCUT2D eigenvalue weighted by Gasteiger charge is -2.20. The fraction of sp³-hybridized carbons (Fsp3) is 0.474. The number of benzene rings is 1. The quantitative estimate of drug-likeness (QED) is 0.922. The number of carbonyl (C=O) groups is 1. The van der Waals surface area contributed by atoms with Crippen LogP contribution < -0.4 is 0 Å². The van der Waals surface area contributed by atoms with Gasteiger partial charge in [-0.05, 0) is 25.5 Å². The van der Waals surface area contributed by atoms with Crippen molar-refractivity contribution in [2.24, 2.45) is 0 Å². The van der Waals surface area contributed by atoms with Crippen LogP contribution in [0.1, 0.15) is 48.8 Å². The van der Waals surface area contributed by atoms with Crippen LogP contribution in [-0.4, -0.2) is 44.9 Å². The molecule has 2 aromatic rings. The van der Waals surface area contributed by atoms with Crippen LogP contribution >= 0.6 is 0 Å². The Morgan fingerprint density at radius 1 is 1.25 bits per heavy atom. The van der Waals surface area contributed by atoms with Crippen LogP contribution in [-0.2, 0) is 5.41 Å². The molecular weight excluding hydrogens is 302 g/mol. The number of aliphatic hydroxyl groups excluding tert-OH is 1. The molecule has 0 unspecified atom stereocenters. The van der Waals surface area contributed by atoms with E-state index in [0.29, 0.717) is 25.1 Å². The molecule has 0 aliphatic carbocycles. The Kier molecular flexibility index (Phi) is 4.22. The number of likely N-dealkylation sites (tertiary alicyclic amines) is 1. The number of aliphatic hydroxyl groups is 1. The standard InChI is InChI=1S/C19H25N3O2/c1-13-5-7-14(8-6-13)22-12-16(17(20-22)19(2,3)4)18(24)21-10-9-15(23)11-21/h5-8,12,15,23H,9-11H2,1-4H3/t15-/m1/s1. The monoisotopic (exact) mass is 327 g/mol. The molecule has 3 rings (SSSR count). The first kappa shape index (κ1) is 16.7. The second-order valence-corrected chi connectivity index (χ2v) is 7.62. The molecule has 0 saturated carbocycles. The van der Waals surface area contributed by atoms with Crippen LogP contribution in [0.5, 0.6) is 0 Å². The molecule has 5 nitrogen and oxygen atoms in total. The van der Waals surface area contributed by atoms with Gasteiger partial charge in [-0.1, -0.05) is 38.5 Å². The summed E-state index contributed by atoms with van der Waals surface area (Å²) in [6, 6.07) is 8.07. The molecule has 1 amide bonds. The molecule has 1 fully saturated rings. The van der Waals surface area contributed by atoms with Gasteiger partial charge in [0.05, 0.1) is 23.0 Å². The molecule has 0 spiro atoms. The lowest BCUT2D eigenvalue weighted by molar-refractivity contribution is 0.0762. The van der Waals surface area contributed by atoms with E-state index in [4.69, 9.17) is 5.10 Å². The largest absolute Gasteiger partial charge is 0.391 e. The predicted octanol–water partition coefficient (Wildman–Crippen LogP) is 2.69. The van der Waals surface area contributed by atoms with Crippen LogP contribution in [0.25, 0.3) is 5.69 Å². The minimum absolute atomic E-state index is 0.0464. The summed E-state index contributed by atoms with van der Waals surface area (Å²) in [4.78, 5) is 14.6. The first-order valence-corrected chi connectivity index (χ1v) is 8.40. The zero-order chi connectivity index (χ0) is 17.5. The maximum atomic E-state index is 12.9. The van der Waals surface area contributed by atoms with Crippen molar-refractivity contribution in [3.8, 4) is 5.69 Å². The van der Waals surface area contributed by atoms with E-state index in [9.17, 15) is 9.90 Å². The summed E-state index contributed by atoms with van der Waals surface area (Å²) in [5, 5.41) is 14.4. The number of aromatic nitrogens is 2. The lowest BCUT2D eigenvalue weighted by Crippen LogP contribution is -2.31. The van der Waals surface area contributed by atoms with Crippen molar-refractivity contribution in [1.29, 1.82) is 0 Å². The van der Waals surface area contributed by atoms with Crippen molar-refractivity contribution < 1.29 is 9.90 Å². The average Bonchev–Trinajstić information content (AvgIpc) is 3.13. The average molecular weight is 327 g/mol. The normalized spacial score (nSPS) is 18.2. The summed E-state index contributed by atoms with van der Waals surface area (Å²) in [6.45, 7) is 9.22. The zero-order valence-electron chi connectivity index (χ0n) is 14.8.